The molecule has 4 aromatic carbocycles. The Morgan fingerprint density at radius 3 is 2.37 bits per heavy atom. The topological polar surface area (TPSA) is 155 Å². The minimum atomic E-state index is -4.34. The molecule has 0 unspecified atom stereocenters. The molecule has 1 amide bonds. The van der Waals surface area contributed by atoms with Gasteiger partial charge >= 0.3 is 5.97 Å². The molecular weight excluding hydrogens is 811 g/mol. The molecule has 2 aliphatic heterocycles. The number of anilines is 1. The van der Waals surface area contributed by atoms with Gasteiger partial charge in [-0.15, -0.1) is 4.33 Å². The molecule has 15 heteroatoms. The Morgan fingerprint density at radius 2 is 1.64 bits per heavy atom. The number of nitrogens with zero attached hydrogens (tertiary/aromatic N) is 2. The van der Waals surface area contributed by atoms with Crippen LogP contribution in [0.2, 0.25) is 0 Å². The molecule has 0 radical (unpaired) electrons. The number of unbranched alkanes of at least 4 members (excludes halogenated alkanes) is 2. The van der Waals surface area contributed by atoms with E-state index in [0.29, 0.717) is 19.4 Å². The summed E-state index contributed by atoms with van der Waals surface area (Å²) in [6.07, 6.45) is 10.0. The van der Waals surface area contributed by atoms with Crippen LogP contribution in [0, 0.1) is 0 Å². The van der Waals surface area contributed by atoms with Gasteiger partial charge in [0, 0.05) is 71.8 Å². The van der Waals surface area contributed by atoms with Gasteiger partial charge in [0.1, 0.15) is 6.54 Å². The maximum Gasteiger partial charge on any atom is 0.311 e. The van der Waals surface area contributed by atoms with Crippen LogP contribution >= 0.6 is 24.3 Å². The average Bonchev–Trinajstić information content (AvgIpc) is 3.56. The molecule has 0 atom stereocenters. The van der Waals surface area contributed by atoms with Gasteiger partial charge in [0.15, 0.2) is 11.3 Å². The number of carbonyl (C=O) groups is 2. The van der Waals surface area contributed by atoms with Crippen LogP contribution in [-0.2, 0) is 44.6 Å². The zero-order valence-electron chi connectivity index (χ0n) is 33.8. The van der Waals surface area contributed by atoms with E-state index >= 15 is 0 Å². The van der Waals surface area contributed by atoms with Crippen LogP contribution in [0.25, 0.3) is 21.5 Å². The summed E-state index contributed by atoms with van der Waals surface area (Å²) >= 11 is 5.45. The summed E-state index contributed by atoms with van der Waals surface area (Å²) in [6.45, 7) is 12.8. The Morgan fingerprint density at radius 1 is 0.915 bits per heavy atom. The van der Waals surface area contributed by atoms with E-state index in [2.05, 4.69) is 108 Å². The standard InChI is InChI=1S/C44H49N3O9S3/c1-6-46-35-22-17-30-27-32(59(51,52)53)19-21-34(30)41(35)43(2,3)37(46)12-10-13-38-44(4,5)42-33-20-18-31(58-56-55-50)26-29(33)16-23-36(42)47(38)25-9-7-8-14-39(48)45-24-11-15-40(49)54-28-57/h10,12-13,16-23,26-28H,6-9,11,14-15,24-25H2,1-5H3,(H2-,45,48,50,51,52,53)/p+1. The summed E-state index contributed by atoms with van der Waals surface area (Å²) < 4.78 is 45.3. The summed E-state index contributed by atoms with van der Waals surface area (Å²) in [4.78, 5) is 26.9. The number of hydrogen-bond donors (Lipinski definition) is 3. The molecule has 2 heterocycles. The van der Waals surface area contributed by atoms with E-state index < -0.39 is 26.9 Å². The van der Waals surface area contributed by atoms with Crippen LogP contribution in [0.1, 0.15) is 84.3 Å². The molecule has 0 aromatic heterocycles. The van der Waals surface area contributed by atoms with Gasteiger partial charge in [-0.25, -0.2) is 5.26 Å². The van der Waals surface area contributed by atoms with Crippen molar-refractivity contribution in [1.29, 1.82) is 0 Å². The van der Waals surface area contributed by atoms with Crippen molar-refractivity contribution in [3.8, 4) is 0 Å². The van der Waals surface area contributed by atoms with Crippen LogP contribution in [0.3, 0.4) is 0 Å². The Labute approximate surface area is 354 Å². The predicted octanol–water partition coefficient (Wildman–Crippen LogP) is 9.26. The van der Waals surface area contributed by atoms with Crippen LogP contribution in [0.4, 0.5) is 11.4 Å². The summed E-state index contributed by atoms with van der Waals surface area (Å²) in [5.41, 5.74) is 6.85. The molecule has 59 heavy (non-hydrogen) atoms. The Balaban J connectivity index is 1.28. The van der Waals surface area contributed by atoms with E-state index in [1.54, 1.807) is 6.07 Å². The third-order valence-electron chi connectivity index (χ3n) is 11.3. The highest BCUT2D eigenvalue weighted by molar-refractivity contribution is 7.94. The first-order chi connectivity index (χ1) is 28.1. The first-order valence-electron chi connectivity index (χ1n) is 19.6. The summed E-state index contributed by atoms with van der Waals surface area (Å²) in [6, 6.07) is 19.0. The second-order valence-electron chi connectivity index (χ2n) is 15.7. The summed E-state index contributed by atoms with van der Waals surface area (Å²) in [5.74, 6) is -0.452. The highest BCUT2D eigenvalue weighted by atomic mass is 32.2. The Bertz CT molecular complexity index is 2490. The second-order valence-corrected chi connectivity index (χ2v) is 18.1. The Hall–Kier alpha value is -4.48. The molecule has 0 spiro atoms. The van der Waals surface area contributed by atoms with Crippen molar-refractivity contribution in [2.24, 2.45) is 0 Å². The number of ether oxygens (including phenoxy) is 1. The zero-order chi connectivity index (χ0) is 42.5. The highest BCUT2D eigenvalue weighted by Gasteiger charge is 2.46. The lowest BCUT2D eigenvalue weighted by Crippen LogP contribution is -2.28. The Kier molecular flexibility index (Phi) is 13.8. The molecule has 0 fully saturated rings. The number of amides is 1. The first-order valence-corrected chi connectivity index (χ1v) is 22.3. The number of fused-ring (bicyclic) bond motifs is 6. The second kappa shape index (κ2) is 18.4. The first kappa shape index (κ1) is 44.1. The zero-order valence-corrected chi connectivity index (χ0v) is 36.3. The molecule has 4 aromatic rings. The van der Waals surface area contributed by atoms with Gasteiger partial charge in [0.2, 0.25) is 11.6 Å². The van der Waals surface area contributed by atoms with Crippen molar-refractivity contribution in [3.63, 3.8) is 0 Å². The van der Waals surface area contributed by atoms with Gasteiger partial charge in [-0.1, -0.05) is 43.2 Å². The fourth-order valence-corrected chi connectivity index (χ4v) is 9.65. The van der Waals surface area contributed by atoms with Crippen molar-refractivity contribution in [3.05, 3.63) is 95.7 Å². The van der Waals surface area contributed by atoms with Gasteiger partial charge < -0.3 is 15.0 Å². The number of carbonyl (C=O) groups excluding carboxylic acids is 2. The van der Waals surface area contributed by atoms with E-state index in [0.717, 1.165) is 105 Å². The van der Waals surface area contributed by atoms with E-state index in [1.807, 2.05) is 24.3 Å². The lowest BCUT2D eigenvalue weighted by atomic mass is 9.79. The fraction of sp³-hybridized carbons (Fsp3) is 0.364. The number of esters is 1. The lowest BCUT2D eigenvalue weighted by Gasteiger charge is -2.26. The van der Waals surface area contributed by atoms with Gasteiger partial charge in [0.05, 0.1) is 22.4 Å². The maximum atomic E-state index is 12.5. The monoisotopic (exact) mass is 860 g/mol. The number of thiocarbonyl (C=S) groups is 1. The van der Waals surface area contributed by atoms with Gasteiger partial charge in [0.25, 0.3) is 10.1 Å². The van der Waals surface area contributed by atoms with Crippen LogP contribution in [0.15, 0.2) is 94.4 Å². The molecule has 0 aliphatic carbocycles. The largest absolute Gasteiger partial charge is 0.423 e. The van der Waals surface area contributed by atoms with E-state index in [9.17, 15) is 22.6 Å². The lowest BCUT2D eigenvalue weighted by molar-refractivity contribution is -0.438. The molecular formula is C44H50N3O9S3+. The van der Waals surface area contributed by atoms with Gasteiger partial charge in [-0.3, -0.25) is 14.1 Å². The third-order valence-corrected chi connectivity index (χ3v) is 12.8. The molecule has 0 bridgehead atoms. The molecule has 2 aliphatic rings. The van der Waals surface area contributed by atoms with Crippen molar-refractivity contribution >= 4 is 90.4 Å². The van der Waals surface area contributed by atoms with Crippen molar-refractivity contribution in [2.75, 3.05) is 24.5 Å². The molecule has 0 saturated carbocycles. The highest BCUT2D eigenvalue weighted by Crippen LogP contribution is 2.51. The van der Waals surface area contributed by atoms with Crippen LogP contribution in [0.5, 0.6) is 0 Å². The molecule has 0 saturated heterocycles. The summed E-state index contributed by atoms with van der Waals surface area (Å²) in [7, 11) is -4.34. The van der Waals surface area contributed by atoms with Gasteiger partial charge in [-0.05, 0) is 122 Å². The minimum absolute atomic E-state index is 0.0435. The molecule has 3 N–H and O–H groups in total. The molecule has 312 valence electrons. The van der Waals surface area contributed by atoms with Crippen LogP contribution in [-0.4, -0.2) is 65.6 Å². The average molecular weight is 861 g/mol. The molecule has 12 nitrogen and oxygen atoms in total. The van der Waals surface area contributed by atoms with Crippen LogP contribution < -0.4 is 10.2 Å². The van der Waals surface area contributed by atoms with E-state index in [1.165, 1.54) is 17.7 Å². The third kappa shape index (κ3) is 9.31. The minimum Gasteiger partial charge on any atom is -0.423 e. The normalized spacial score (nSPS) is 16.3. The van der Waals surface area contributed by atoms with Crippen molar-refractivity contribution in [2.45, 2.75) is 93.8 Å². The number of benzene rings is 4. The van der Waals surface area contributed by atoms with E-state index in [-0.39, 0.29) is 17.2 Å². The number of hydrogen-bond acceptors (Lipinski definition) is 11. The quantitative estimate of drug-likeness (QED) is 0.0128. The van der Waals surface area contributed by atoms with Gasteiger partial charge in [-0.2, -0.15) is 13.0 Å². The number of rotatable bonds is 18. The number of nitrogens with one attached hydrogen (secondary N) is 1. The predicted molar refractivity (Wildman–Crippen MR) is 235 cm³/mol. The maximum absolute atomic E-state index is 12.5. The molecule has 6 rings (SSSR count). The van der Waals surface area contributed by atoms with Crippen molar-refractivity contribution < 1.29 is 46.5 Å². The fourth-order valence-electron chi connectivity index (χ4n) is 8.62. The SMILES string of the molecule is CCN1/C(=C\C=C\C2=[N+](CCCCCC(=O)NCCCC(=O)OC=S)c3ccc4cc(SOOO)ccc4c3C2(C)C)C(C)(C)c2c1ccc1cc(S(=O)(=O)O)ccc21. The summed E-state index contributed by atoms with van der Waals surface area (Å²) in [5, 5.41) is 19.2. The number of allylic oxidation sites excluding steroid dienone is 4. The number of likely N-dealkylation sites (N-methyl/N-ethyl adjacent to an activating group) is 1. The smallest absolute Gasteiger partial charge is 0.311 e. The van der Waals surface area contributed by atoms with E-state index in [4.69, 9.17) is 9.59 Å². The van der Waals surface area contributed by atoms with Crippen molar-refractivity contribution in [1.82, 2.24) is 5.32 Å².